The van der Waals surface area contributed by atoms with Gasteiger partial charge in [-0.15, -0.1) is 0 Å². The van der Waals surface area contributed by atoms with Crippen molar-refractivity contribution in [2.45, 2.75) is 40.2 Å². The van der Waals surface area contributed by atoms with Crippen LogP contribution < -0.4 is 5.32 Å². The molecular weight excluding hydrogens is 270 g/mol. The van der Waals surface area contributed by atoms with Crippen molar-refractivity contribution in [2.75, 3.05) is 11.5 Å². The highest BCUT2D eigenvalue weighted by Gasteiger charge is 2.24. The maximum atomic E-state index is 11.6. The van der Waals surface area contributed by atoms with Crippen LogP contribution in [0.2, 0.25) is 0 Å². The second kappa shape index (κ2) is 7.47. The molecule has 0 aromatic heterocycles. The van der Waals surface area contributed by atoms with E-state index in [4.69, 9.17) is 5.11 Å². The van der Waals surface area contributed by atoms with Crippen molar-refractivity contribution in [3.63, 3.8) is 0 Å². The van der Waals surface area contributed by atoms with Gasteiger partial charge >= 0.3 is 5.97 Å². The van der Waals surface area contributed by atoms with Crippen LogP contribution in [0.15, 0.2) is 0 Å². The summed E-state index contributed by atoms with van der Waals surface area (Å²) in [5.41, 5.74) is 0. The third-order valence-corrected chi connectivity index (χ3v) is 4.48. The predicted molar refractivity (Wildman–Crippen MR) is 72.5 cm³/mol. The summed E-state index contributed by atoms with van der Waals surface area (Å²) in [4.78, 5) is 22.4. The standard InChI is InChI=1S/C12H23NO5S/c1-8(2)7-19(17,18)6-5-10(14)13-11(9(3)4)12(15)16/h8-9,11H,5-7H2,1-4H3,(H,13,14)(H,15,16)/t11-/m0/s1. The molecule has 0 rings (SSSR count). The molecule has 2 N–H and O–H groups in total. The van der Waals surface area contributed by atoms with E-state index in [1.807, 2.05) is 0 Å². The minimum absolute atomic E-state index is 0.00972. The Labute approximate surface area is 114 Å². The first kappa shape index (κ1) is 17.9. The van der Waals surface area contributed by atoms with Gasteiger partial charge in [0.15, 0.2) is 9.84 Å². The Hall–Kier alpha value is -1.11. The molecule has 6 nitrogen and oxygen atoms in total. The van der Waals surface area contributed by atoms with E-state index in [0.717, 1.165) is 0 Å². The Bertz CT molecular complexity index is 414. The van der Waals surface area contributed by atoms with Crippen LogP contribution >= 0.6 is 0 Å². The lowest BCUT2D eigenvalue weighted by molar-refractivity contribution is -0.143. The molecule has 19 heavy (non-hydrogen) atoms. The number of sulfone groups is 1. The second-order valence-corrected chi connectivity index (χ2v) is 7.61. The Balaban J connectivity index is 4.37. The fourth-order valence-corrected chi connectivity index (χ4v) is 3.28. The summed E-state index contributed by atoms with van der Waals surface area (Å²) < 4.78 is 23.2. The Morgan fingerprint density at radius 2 is 1.68 bits per heavy atom. The lowest BCUT2D eigenvalue weighted by Crippen LogP contribution is -2.44. The van der Waals surface area contributed by atoms with Crippen LogP contribution in [-0.2, 0) is 19.4 Å². The van der Waals surface area contributed by atoms with E-state index in [1.165, 1.54) is 0 Å². The van der Waals surface area contributed by atoms with Crippen LogP contribution in [-0.4, -0.2) is 42.9 Å². The lowest BCUT2D eigenvalue weighted by atomic mass is 10.0. The van der Waals surface area contributed by atoms with Crippen molar-refractivity contribution in [1.82, 2.24) is 5.32 Å². The molecule has 0 aromatic rings. The zero-order chi connectivity index (χ0) is 15.2. The molecule has 0 aliphatic rings. The largest absolute Gasteiger partial charge is 0.480 e. The summed E-state index contributed by atoms with van der Waals surface area (Å²) in [6, 6.07) is -0.986. The number of carbonyl (C=O) groups excluding carboxylic acids is 1. The Morgan fingerprint density at radius 1 is 1.16 bits per heavy atom. The van der Waals surface area contributed by atoms with E-state index in [1.54, 1.807) is 27.7 Å². The van der Waals surface area contributed by atoms with Gasteiger partial charge in [0.2, 0.25) is 5.91 Å². The van der Waals surface area contributed by atoms with Crippen molar-refractivity contribution in [1.29, 1.82) is 0 Å². The number of rotatable bonds is 8. The molecule has 0 saturated heterocycles. The number of carbonyl (C=O) groups is 2. The monoisotopic (exact) mass is 293 g/mol. The molecule has 0 unspecified atom stereocenters. The van der Waals surface area contributed by atoms with E-state index >= 15 is 0 Å². The smallest absolute Gasteiger partial charge is 0.326 e. The van der Waals surface area contributed by atoms with Crippen LogP contribution in [0.4, 0.5) is 0 Å². The maximum Gasteiger partial charge on any atom is 0.326 e. The zero-order valence-electron chi connectivity index (χ0n) is 11.8. The number of amides is 1. The second-order valence-electron chi connectivity index (χ2n) is 5.39. The minimum atomic E-state index is -3.26. The van der Waals surface area contributed by atoms with Crippen LogP contribution in [0.25, 0.3) is 0 Å². The predicted octanol–water partition coefficient (Wildman–Crippen LogP) is 0.673. The number of hydrogen-bond acceptors (Lipinski definition) is 4. The van der Waals surface area contributed by atoms with Crippen LogP contribution in [0.1, 0.15) is 34.1 Å². The summed E-state index contributed by atoms with van der Waals surface area (Å²) >= 11 is 0. The molecular formula is C12H23NO5S. The normalized spacial score (nSPS) is 13.6. The van der Waals surface area contributed by atoms with E-state index < -0.39 is 27.8 Å². The average Bonchev–Trinajstić information content (AvgIpc) is 2.20. The van der Waals surface area contributed by atoms with Gasteiger partial charge in [-0.05, 0) is 11.8 Å². The Kier molecular flexibility index (Phi) is 7.04. The molecule has 1 amide bonds. The maximum absolute atomic E-state index is 11.6. The molecule has 7 heteroatoms. The first-order valence-corrected chi connectivity index (χ1v) is 8.10. The topological polar surface area (TPSA) is 101 Å². The first-order chi connectivity index (χ1) is 8.55. The van der Waals surface area contributed by atoms with Gasteiger partial charge in [0, 0.05) is 6.42 Å². The van der Waals surface area contributed by atoms with Gasteiger partial charge in [-0.3, -0.25) is 4.79 Å². The van der Waals surface area contributed by atoms with Crippen molar-refractivity contribution < 1.29 is 23.1 Å². The third kappa shape index (κ3) is 7.81. The van der Waals surface area contributed by atoms with Gasteiger partial charge in [0.25, 0.3) is 0 Å². The fourth-order valence-electron chi connectivity index (χ4n) is 1.60. The average molecular weight is 293 g/mol. The van der Waals surface area contributed by atoms with Gasteiger partial charge in [-0.2, -0.15) is 0 Å². The number of carboxylic acids is 1. The van der Waals surface area contributed by atoms with Gasteiger partial charge in [-0.25, -0.2) is 13.2 Å². The molecule has 0 aromatic carbocycles. The molecule has 0 bridgehead atoms. The summed E-state index contributed by atoms with van der Waals surface area (Å²) in [5, 5.41) is 11.2. The number of carboxylic acid groups (broad SMARTS) is 1. The molecule has 0 aliphatic heterocycles. The van der Waals surface area contributed by atoms with E-state index in [0.29, 0.717) is 0 Å². The number of hydrogen-bond donors (Lipinski definition) is 2. The fraction of sp³-hybridized carbons (Fsp3) is 0.833. The van der Waals surface area contributed by atoms with Gasteiger partial charge < -0.3 is 10.4 Å². The SMILES string of the molecule is CC(C)CS(=O)(=O)CCC(=O)N[C@H](C(=O)O)C(C)C. The van der Waals surface area contributed by atoms with Crippen molar-refractivity contribution in [3.05, 3.63) is 0 Å². The summed E-state index contributed by atoms with van der Waals surface area (Å²) in [6.07, 6.45) is -0.203. The quantitative estimate of drug-likeness (QED) is 0.685. The van der Waals surface area contributed by atoms with Crippen LogP contribution in [0.3, 0.4) is 0 Å². The lowest BCUT2D eigenvalue weighted by Gasteiger charge is -2.17. The first-order valence-electron chi connectivity index (χ1n) is 6.27. The summed E-state index contributed by atoms with van der Waals surface area (Å²) in [5.74, 6) is -2.13. The molecule has 0 aliphatic carbocycles. The van der Waals surface area contributed by atoms with E-state index in [2.05, 4.69) is 5.32 Å². The van der Waals surface area contributed by atoms with Crippen molar-refractivity contribution >= 4 is 21.7 Å². The molecule has 112 valence electrons. The van der Waals surface area contributed by atoms with Gasteiger partial charge in [0.1, 0.15) is 6.04 Å². The Morgan fingerprint density at radius 3 is 2.05 bits per heavy atom. The van der Waals surface area contributed by atoms with Crippen molar-refractivity contribution in [3.8, 4) is 0 Å². The third-order valence-electron chi connectivity index (χ3n) is 2.48. The van der Waals surface area contributed by atoms with Gasteiger partial charge in [0.05, 0.1) is 11.5 Å². The van der Waals surface area contributed by atoms with E-state index in [9.17, 15) is 18.0 Å². The molecule has 1 atom stereocenters. The zero-order valence-corrected chi connectivity index (χ0v) is 12.7. The molecule has 0 heterocycles. The molecule has 0 fully saturated rings. The summed E-state index contributed by atoms with van der Waals surface area (Å²) in [7, 11) is -3.26. The van der Waals surface area contributed by atoms with Crippen LogP contribution in [0.5, 0.6) is 0 Å². The number of aliphatic carboxylic acids is 1. The minimum Gasteiger partial charge on any atom is -0.480 e. The number of nitrogens with one attached hydrogen (secondary N) is 1. The van der Waals surface area contributed by atoms with Crippen molar-refractivity contribution in [2.24, 2.45) is 11.8 Å². The highest BCUT2D eigenvalue weighted by molar-refractivity contribution is 7.91. The van der Waals surface area contributed by atoms with Crippen LogP contribution in [0, 0.1) is 11.8 Å². The molecule has 0 saturated carbocycles. The molecule has 0 radical (unpaired) electrons. The summed E-state index contributed by atoms with van der Waals surface area (Å²) in [6.45, 7) is 6.93. The highest BCUT2D eigenvalue weighted by atomic mass is 32.2. The molecule has 0 spiro atoms. The van der Waals surface area contributed by atoms with Gasteiger partial charge in [-0.1, -0.05) is 27.7 Å². The highest BCUT2D eigenvalue weighted by Crippen LogP contribution is 2.05. The van der Waals surface area contributed by atoms with E-state index in [-0.39, 0.29) is 29.8 Å².